The van der Waals surface area contributed by atoms with E-state index in [9.17, 15) is 27.1 Å². The summed E-state index contributed by atoms with van der Waals surface area (Å²) in [4.78, 5) is 6.04. The van der Waals surface area contributed by atoms with Crippen molar-refractivity contribution in [3.8, 4) is 5.75 Å². The Hall–Kier alpha value is -2.68. The Morgan fingerprint density at radius 1 is 1.13 bits per heavy atom. The molecule has 0 aliphatic rings. The summed E-state index contributed by atoms with van der Waals surface area (Å²) in [5.74, 6) is -3.68. The standard InChI is InChI=1S/C21H23F5N2O2/c1-12(2)28(4)11-27-17-10-18(30-5)15(9-13(17)3)20(29,21(24,25)26)14-7-6-8-16(22)19(14)23/h6-12,29H,1-5H3/b27-11+. The van der Waals surface area contributed by atoms with Crippen molar-refractivity contribution in [2.24, 2.45) is 4.99 Å². The molecule has 0 aliphatic heterocycles. The topological polar surface area (TPSA) is 45.1 Å². The Bertz CT molecular complexity index is 944. The highest BCUT2D eigenvalue weighted by Gasteiger charge is 2.59. The van der Waals surface area contributed by atoms with Crippen molar-refractivity contribution >= 4 is 12.0 Å². The largest absolute Gasteiger partial charge is 0.496 e. The molecule has 2 aromatic rings. The molecule has 1 N–H and O–H groups in total. The van der Waals surface area contributed by atoms with Crippen molar-refractivity contribution in [3.63, 3.8) is 0 Å². The first-order valence-electron chi connectivity index (χ1n) is 9.03. The van der Waals surface area contributed by atoms with Gasteiger partial charge in [-0.15, -0.1) is 0 Å². The maximum Gasteiger partial charge on any atom is 0.426 e. The minimum atomic E-state index is -5.37. The summed E-state index contributed by atoms with van der Waals surface area (Å²) in [5.41, 5.74) is -5.29. The fraction of sp³-hybridized carbons (Fsp3) is 0.381. The van der Waals surface area contributed by atoms with Gasteiger partial charge in [-0.05, 0) is 38.5 Å². The second kappa shape index (κ2) is 8.59. The summed E-state index contributed by atoms with van der Waals surface area (Å²) in [6.07, 6.45) is -3.86. The van der Waals surface area contributed by atoms with E-state index in [0.717, 1.165) is 19.2 Å². The first-order chi connectivity index (χ1) is 13.8. The molecule has 0 saturated heterocycles. The Labute approximate surface area is 171 Å². The van der Waals surface area contributed by atoms with Crippen LogP contribution in [-0.2, 0) is 5.60 Å². The molecule has 0 saturated carbocycles. The minimum Gasteiger partial charge on any atom is -0.496 e. The van der Waals surface area contributed by atoms with E-state index in [-0.39, 0.29) is 17.4 Å². The van der Waals surface area contributed by atoms with Gasteiger partial charge in [0, 0.05) is 30.3 Å². The maximum absolute atomic E-state index is 14.3. The molecule has 0 aromatic heterocycles. The van der Waals surface area contributed by atoms with E-state index in [1.165, 1.54) is 19.3 Å². The number of aliphatic hydroxyl groups is 1. The fourth-order valence-corrected chi connectivity index (χ4v) is 2.79. The summed E-state index contributed by atoms with van der Waals surface area (Å²) < 4.78 is 75.2. The number of methoxy groups -OCH3 is 1. The van der Waals surface area contributed by atoms with E-state index in [4.69, 9.17) is 4.74 Å². The van der Waals surface area contributed by atoms with Gasteiger partial charge in [-0.1, -0.05) is 12.1 Å². The molecule has 0 spiro atoms. The molecule has 0 amide bonds. The van der Waals surface area contributed by atoms with Crippen LogP contribution >= 0.6 is 0 Å². The zero-order chi connectivity index (χ0) is 22.9. The predicted octanol–water partition coefficient (Wildman–Crippen LogP) is 5.08. The summed E-state index contributed by atoms with van der Waals surface area (Å²) in [6.45, 7) is 5.35. The highest BCUT2D eigenvalue weighted by Crippen LogP contribution is 2.49. The van der Waals surface area contributed by atoms with Gasteiger partial charge in [0.1, 0.15) is 5.75 Å². The number of hydrogen-bond acceptors (Lipinski definition) is 3. The van der Waals surface area contributed by atoms with Gasteiger partial charge in [-0.3, -0.25) is 0 Å². The van der Waals surface area contributed by atoms with Crippen molar-refractivity contribution in [1.82, 2.24) is 4.90 Å². The van der Waals surface area contributed by atoms with Crippen LogP contribution < -0.4 is 4.74 Å². The van der Waals surface area contributed by atoms with Crippen LogP contribution in [0.15, 0.2) is 35.3 Å². The lowest BCUT2D eigenvalue weighted by molar-refractivity contribution is -0.249. The van der Waals surface area contributed by atoms with E-state index >= 15 is 0 Å². The molecule has 1 unspecified atom stereocenters. The zero-order valence-corrected chi connectivity index (χ0v) is 17.2. The second-order valence-corrected chi connectivity index (χ2v) is 7.15. The SMILES string of the molecule is COc1cc(/N=C/N(C)C(C)C)c(C)cc1C(O)(c1cccc(F)c1F)C(F)(F)F. The van der Waals surface area contributed by atoms with E-state index in [1.54, 1.807) is 11.9 Å². The van der Waals surface area contributed by atoms with Crippen LogP contribution in [0, 0.1) is 18.6 Å². The lowest BCUT2D eigenvalue weighted by Crippen LogP contribution is -2.44. The normalized spacial score (nSPS) is 14.3. The van der Waals surface area contributed by atoms with Crippen LogP contribution in [-0.4, -0.2) is 42.7 Å². The average Bonchev–Trinajstić information content (AvgIpc) is 2.67. The molecule has 0 heterocycles. The van der Waals surface area contributed by atoms with Gasteiger partial charge in [-0.2, -0.15) is 13.2 Å². The van der Waals surface area contributed by atoms with Gasteiger partial charge < -0.3 is 14.7 Å². The lowest BCUT2D eigenvalue weighted by Gasteiger charge is -2.33. The quantitative estimate of drug-likeness (QED) is 0.395. The summed E-state index contributed by atoms with van der Waals surface area (Å²) >= 11 is 0. The molecular formula is C21H23F5N2O2. The van der Waals surface area contributed by atoms with E-state index in [2.05, 4.69) is 4.99 Å². The molecule has 1 atom stereocenters. The third-order valence-corrected chi connectivity index (χ3v) is 4.85. The number of benzene rings is 2. The Morgan fingerprint density at radius 2 is 1.77 bits per heavy atom. The van der Waals surface area contributed by atoms with Gasteiger partial charge in [0.25, 0.3) is 0 Å². The van der Waals surface area contributed by atoms with Crippen LogP contribution in [0.2, 0.25) is 0 Å². The van der Waals surface area contributed by atoms with Crippen molar-refractivity contribution < 1.29 is 31.8 Å². The summed E-state index contributed by atoms with van der Waals surface area (Å²) in [5, 5.41) is 10.8. The smallest absolute Gasteiger partial charge is 0.426 e. The number of hydrogen-bond donors (Lipinski definition) is 1. The number of halogens is 5. The molecule has 30 heavy (non-hydrogen) atoms. The van der Waals surface area contributed by atoms with Crippen molar-refractivity contribution in [1.29, 1.82) is 0 Å². The number of aryl methyl sites for hydroxylation is 1. The molecule has 9 heteroatoms. The first-order valence-corrected chi connectivity index (χ1v) is 9.03. The van der Waals surface area contributed by atoms with Gasteiger partial charge >= 0.3 is 6.18 Å². The van der Waals surface area contributed by atoms with Crippen LogP contribution in [0.3, 0.4) is 0 Å². The summed E-state index contributed by atoms with van der Waals surface area (Å²) in [7, 11) is 2.89. The van der Waals surface area contributed by atoms with Crippen molar-refractivity contribution in [2.45, 2.75) is 38.6 Å². The lowest BCUT2D eigenvalue weighted by atomic mass is 9.83. The van der Waals surface area contributed by atoms with E-state index in [1.807, 2.05) is 13.8 Å². The van der Waals surface area contributed by atoms with Crippen molar-refractivity contribution in [2.75, 3.05) is 14.2 Å². The van der Waals surface area contributed by atoms with Gasteiger partial charge in [0.2, 0.25) is 5.60 Å². The van der Waals surface area contributed by atoms with Crippen LogP contribution in [0.4, 0.5) is 27.6 Å². The molecule has 164 valence electrons. The number of nitrogens with zero attached hydrogens (tertiary/aromatic N) is 2. The highest BCUT2D eigenvalue weighted by atomic mass is 19.4. The average molecular weight is 430 g/mol. The zero-order valence-electron chi connectivity index (χ0n) is 17.2. The number of alkyl halides is 3. The Kier molecular flexibility index (Phi) is 6.76. The molecule has 0 fully saturated rings. The molecule has 2 aromatic carbocycles. The van der Waals surface area contributed by atoms with E-state index < -0.39 is 34.5 Å². The molecular weight excluding hydrogens is 407 g/mol. The molecule has 0 bridgehead atoms. The third kappa shape index (κ3) is 4.26. The highest BCUT2D eigenvalue weighted by molar-refractivity contribution is 5.66. The van der Waals surface area contributed by atoms with Gasteiger partial charge in [0.15, 0.2) is 11.6 Å². The Balaban J connectivity index is 2.75. The van der Waals surface area contributed by atoms with Crippen LogP contribution in [0.25, 0.3) is 0 Å². The minimum absolute atomic E-state index is 0.140. The Morgan fingerprint density at radius 3 is 2.30 bits per heavy atom. The first kappa shape index (κ1) is 23.6. The molecule has 0 radical (unpaired) electrons. The molecule has 4 nitrogen and oxygen atoms in total. The van der Waals surface area contributed by atoms with Crippen LogP contribution in [0.5, 0.6) is 5.75 Å². The third-order valence-electron chi connectivity index (χ3n) is 4.85. The van der Waals surface area contributed by atoms with Crippen LogP contribution in [0.1, 0.15) is 30.5 Å². The monoisotopic (exact) mass is 430 g/mol. The summed E-state index contributed by atoms with van der Waals surface area (Å²) in [6, 6.07) is 4.61. The maximum atomic E-state index is 14.3. The second-order valence-electron chi connectivity index (χ2n) is 7.15. The number of rotatable bonds is 6. The molecule has 0 aliphatic carbocycles. The number of aliphatic imine (C=N–C) groups is 1. The fourth-order valence-electron chi connectivity index (χ4n) is 2.79. The van der Waals surface area contributed by atoms with E-state index in [0.29, 0.717) is 17.8 Å². The predicted molar refractivity (Wildman–Crippen MR) is 104 cm³/mol. The van der Waals surface area contributed by atoms with Gasteiger partial charge in [-0.25, -0.2) is 13.8 Å². The number of ether oxygens (including phenoxy) is 1. The van der Waals surface area contributed by atoms with Gasteiger partial charge in [0.05, 0.1) is 19.1 Å². The van der Waals surface area contributed by atoms with Crippen molar-refractivity contribution in [3.05, 3.63) is 58.7 Å². The molecule has 2 rings (SSSR count).